The molecule has 0 spiro atoms. The minimum atomic E-state index is 0.0442. The Morgan fingerprint density at radius 2 is 2.31 bits per heavy atom. The van der Waals surface area contributed by atoms with Crippen molar-refractivity contribution in [2.24, 2.45) is 0 Å². The molecule has 0 atom stereocenters. The van der Waals surface area contributed by atoms with Crippen LogP contribution < -0.4 is 0 Å². The van der Waals surface area contributed by atoms with Gasteiger partial charge in [0.15, 0.2) is 0 Å². The Morgan fingerprint density at radius 3 is 3.00 bits per heavy atom. The molecule has 0 aliphatic heterocycles. The van der Waals surface area contributed by atoms with E-state index < -0.39 is 0 Å². The second-order valence-electron chi connectivity index (χ2n) is 2.68. The van der Waals surface area contributed by atoms with E-state index in [4.69, 9.17) is 5.11 Å². The van der Waals surface area contributed by atoms with Crippen molar-refractivity contribution in [3.8, 4) is 5.69 Å². The van der Waals surface area contributed by atoms with Gasteiger partial charge in [0.25, 0.3) is 0 Å². The number of aliphatic hydroxyl groups is 1. The lowest BCUT2D eigenvalue weighted by atomic mass is 10.2. The molecule has 66 valence electrons. The molecule has 4 nitrogen and oxygen atoms in total. The van der Waals surface area contributed by atoms with E-state index in [1.54, 1.807) is 17.1 Å². The van der Waals surface area contributed by atoms with Gasteiger partial charge in [-0.15, -0.1) is 5.10 Å². The van der Waals surface area contributed by atoms with Crippen molar-refractivity contribution in [1.82, 2.24) is 15.0 Å². The van der Waals surface area contributed by atoms with Crippen LogP contribution in [0.5, 0.6) is 0 Å². The summed E-state index contributed by atoms with van der Waals surface area (Å²) in [5.41, 5.74) is 1.78. The molecule has 0 amide bonds. The Balaban J connectivity index is 2.41. The van der Waals surface area contributed by atoms with Crippen molar-refractivity contribution in [2.45, 2.75) is 6.61 Å². The lowest BCUT2D eigenvalue weighted by molar-refractivity contribution is 0.282. The minimum Gasteiger partial charge on any atom is -0.392 e. The standard InChI is InChI=1S/C9H9N3O/c13-7-8-2-1-3-9(6-8)12-5-4-10-11-12/h1-6,13H,7H2. The summed E-state index contributed by atoms with van der Waals surface area (Å²) in [6, 6.07) is 7.52. The van der Waals surface area contributed by atoms with E-state index in [0.29, 0.717) is 0 Å². The van der Waals surface area contributed by atoms with Crippen molar-refractivity contribution < 1.29 is 5.11 Å². The minimum absolute atomic E-state index is 0.0442. The van der Waals surface area contributed by atoms with E-state index in [1.807, 2.05) is 24.3 Å². The Bertz CT molecular complexity index is 384. The van der Waals surface area contributed by atoms with Gasteiger partial charge in [-0.05, 0) is 17.7 Å². The maximum Gasteiger partial charge on any atom is 0.0697 e. The van der Waals surface area contributed by atoms with Crippen molar-refractivity contribution in [3.05, 3.63) is 42.2 Å². The molecule has 1 heterocycles. The van der Waals surface area contributed by atoms with Crippen LogP contribution in [-0.2, 0) is 6.61 Å². The number of aliphatic hydroxyl groups excluding tert-OH is 1. The number of hydrogen-bond donors (Lipinski definition) is 1. The fourth-order valence-electron chi connectivity index (χ4n) is 1.14. The molecule has 1 aromatic carbocycles. The van der Waals surface area contributed by atoms with Crippen LogP contribution in [0.4, 0.5) is 0 Å². The number of aromatic nitrogens is 3. The van der Waals surface area contributed by atoms with Gasteiger partial charge in [-0.25, -0.2) is 4.68 Å². The Morgan fingerprint density at radius 1 is 1.38 bits per heavy atom. The third-order valence-electron chi connectivity index (χ3n) is 1.78. The summed E-state index contributed by atoms with van der Waals surface area (Å²) < 4.78 is 1.65. The molecule has 0 fully saturated rings. The first-order valence-corrected chi connectivity index (χ1v) is 3.96. The van der Waals surface area contributed by atoms with Crippen LogP contribution in [0.2, 0.25) is 0 Å². The molecule has 2 rings (SSSR count). The van der Waals surface area contributed by atoms with Gasteiger partial charge >= 0.3 is 0 Å². The number of nitrogens with zero attached hydrogens (tertiary/aromatic N) is 3. The van der Waals surface area contributed by atoms with Gasteiger partial charge in [-0.3, -0.25) is 0 Å². The van der Waals surface area contributed by atoms with Crippen LogP contribution in [0.15, 0.2) is 36.7 Å². The van der Waals surface area contributed by atoms with Crippen LogP contribution >= 0.6 is 0 Å². The molecular formula is C9H9N3O. The second kappa shape index (κ2) is 3.37. The molecule has 1 N–H and O–H groups in total. The Labute approximate surface area is 75.4 Å². The first-order valence-electron chi connectivity index (χ1n) is 3.96. The molecule has 2 aromatic rings. The highest BCUT2D eigenvalue weighted by Gasteiger charge is 1.97. The lowest BCUT2D eigenvalue weighted by Gasteiger charge is -2.01. The summed E-state index contributed by atoms with van der Waals surface area (Å²) >= 11 is 0. The Kier molecular flexibility index (Phi) is 2.06. The van der Waals surface area contributed by atoms with E-state index in [-0.39, 0.29) is 6.61 Å². The SMILES string of the molecule is OCc1cccc(-n2ccnn2)c1. The average Bonchev–Trinajstić information content (AvgIpc) is 2.71. The fourth-order valence-corrected chi connectivity index (χ4v) is 1.14. The van der Waals surface area contributed by atoms with Gasteiger partial charge in [-0.1, -0.05) is 17.3 Å². The van der Waals surface area contributed by atoms with Crippen molar-refractivity contribution >= 4 is 0 Å². The zero-order valence-corrected chi connectivity index (χ0v) is 6.96. The summed E-state index contributed by atoms with van der Waals surface area (Å²) in [4.78, 5) is 0. The van der Waals surface area contributed by atoms with Crippen LogP contribution in [-0.4, -0.2) is 20.1 Å². The van der Waals surface area contributed by atoms with Gasteiger partial charge < -0.3 is 5.11 Å². The summed E-state index contributed by atoms with van der Waals surface area (Å²) in [5.74, 6) is 0. The number of benzene rings is 1. The van der Waals surface area contributed by atoms with E-state index in [0.717, 1.165) is 11.3 Å². The maximum atomic E-state index is 8.91. The average molecular weight is 175 g/mol. The quantitative estimate of drug-likeness (QED) is 0.733. The molecule has 0 unspecified atom stereocenters. The summed E-state index contributed by atoms with van der Waals surface area (Å²) in [6.07, 6.45) is 3.38. The van der Waals surface area contributed by atoms with E-state index in [2.05, 4.69) is 10.3 Å². The summed E-state index contributed by atoms with van der Waals surface area (Å²) in [6.45, 7) is 0.0442. The zero-order valence-electron chi connectivity index (χ0n) is 6.96. The van der Waals surface area contributed by atoms with E-state index in [1.165, 1.54) is 0 Å². The Hall–Kier alpha value is -1.68. The third-order valence-corrected chi connectivity index (χ3v) is 1.78. The first kappa shape index (κ1) is 7.94. The van der Waals surface area contributed by atoms with Crippen LogP contribution in [0.25, 0.3) is 5.69 Å². The molecule has 1 aromatic heterocycles. The van der Waals surface area contributed by atoms with Crippen molar-refractivity contribution in [3.63, 3.8) is 0 Å². The zero-order chi connectivity index (χ0) is 9.10. The van der Waals surface area contributed by atoms with Crippen LogP contribution in [0.3, 0.4) is 0 Å². The number of rotatable bonds is 2. The predicted molar refractivity (Wildman–Crippen MR) is 47.3 cm³/mol. The van der Waals surface area contributed by atoms with Gasteiger partial charge in [0.1, 0.15) is 0 Å². The molecule has 13 heavy (non-hydrogen) atoms. The molecule has 0 bridgehead atoms. The van der Waals surface area contributed by atoms with Gasteiger partial charge in [-0.2, -0.15) is 0 Å². The van der Waals surface area contributed by atoms with E-state index >= 15 is 0 Å². The lowest BCUT2D eigenvalue weighted by Crippen LogP contribution is -1.96. The van der Waals surface area contributed by atoms with Gasteiger partial charge in [0, 0.05) is 0 Å². The van der Waals surface area contributed by atoms with Gasteiger partial charge in [0.2, 0.25) is 0 Å². The molecule has 0 saturated carbocycles. The molecular weight excluding hydrogens is 166 g/mol. The van der Waals surface area contributed by atoms with Crippen LogP contribution in [0.1, 0.15) is 5.56 Å². The first-order chi connectivity index (χ1) is 6.40. The van der Waals surface area contributed by atoms with E-state index in [9.17, 15) is 0 Å². The van der Waals surface area contributed by atoms with Crippen molar-refractivity contribution in [2.75, 3.05) is 0 Å². The largest absolute Gasteiger partial charge is 0.392 e. The topological polar surface area (TPSA) is 50.9 Å². The highest BCUT2D eigenvalue weighted by atomic mass is 16.3. The molecule has 0 saturated heterocycles. The fraction of sp³-hybridized carbons (Fsp3) is 0.111. The normalized spacial score (nSPS) is 10.2. The van der Waals surface area contributed by atoms with Crippen LogP contribution in [0, 0.1) is 0 Å². The van der Waals surface area contributed by atoms with Crippen molar-refractivity contribution in [1.29, 1.82) is 0 Å². The second-order valence-corrected chi connectivity index (χ2v) is 2.68. The number of hydrogen-bond acceptors (Lipinski definition) is 3. The summed E-state index contributed by atoms with van der Waals surface area (Å²) in [7, 11) is 0. The van der Waals surface area contributed by atoms with Gasteiger partial charge in [0.05, 0.1) is 24.7 Å². The summed E-state index contributed by atoms with van der Waals surface area (Å²) in [5, 5.41) is 16.5. The third kappa shape index (κ3) is 1.57. The maximum absolute atomic E-state index is 8.91. The smallest absolute Gasteiger partial charge is 0.0697 e. The molecule has 0 aliphatic rings. The molecule has 0 aliphatic carbocycles. The predicted octanol–water partition coefficient (Wildman–Crippen LogP) is 0.760. The molecule has 0 radical (unpaired) electrons. The highest BCUT2D eigenvalue weighted by molar-refractivity contribution is 5.34. The monoisotopic (exact) mass is 175 g/mol. The molecule has 4 heteroatoms. The highest BCUT2D eigenvalue weighted by Crippen LogP contribution is 2.08.